The first-order valence-electron chi connectivity index (χ1n) is 6.43. The predicted molar refractivity (Wildman–Crippen MR) is 76.3 cm³/mol. The molecule has 21 heavy (non-hydrogen) atoms. The zero-order chi connectivity index (χ0) is 15.6. The molecule has 1 heterocycles. The van der Waals surface area contributed by atoms with Crippen LogP contribution >= 0.6 is 0 Å². The van der Waals surface area contributed by atoms with E-state index in [2.05, 4.69) is 0 Å². The fourth-order valence-electron chi connectivity index (χ4n) is 2.34. The van der Waals surface area contributed by atoms with Gasteiger partial charge in [-0.15, -0.1) is 0 Å². The van der Waals surface area contributed by atoms with Crippen LogP contribution in [0.25, 0.3) is 0 Å². The van der Waals surface area contributed by atoms with Crippen LogP contribution in [0.15, 0.2) is 23.1 Å². The van der Waals surface area contributed by atoms with Crippen molar-refractivity contribution in [2.45, 2.75) is 23.8 Å². The van der Waals surface area contributed by atoms with Crippen LogP contribution in [0.2, 0.25) is 0 Å². The van der Waals surface area contributed by atoms with Gasteiger partial charge >= 0.3 is 0 Å². The summed E-state index contributed by atoms with van der Waals surface area (Å²) in [5, 5.41) is 11.0. The number of hydrogen-bond donors (Lipinski definition) is 1. The first-order chi connectivity index (χ1) is 9.86. The van der Waals surface area contributed by atoms with E-state index in [4.69, 9.17) is 10.5 Å². The molecule has 1 saturated heterocycles. The summed E-state index contributed by atoms with van der Waals surface area (Å²) in [6.07, 6.45) is 1.16. The molecule has 0 unspecified atom stereocenters. The van der Waals surface area contributed by atoms with E-state index < -0.39 is 20.6 Å². The van der Waals surface area contributed by atoms with Crippen LogP contribution in [0.3, 0.4) is 0 Å². The van der Waals surface area contributed by atoms with E-state index in [1.165, 1.54) is 16.4 Å². The van der Waals surface area contributed by atoms with Gasteiger partial charge < -0.3 is 10.5 Å². The number of anilines is 1. The largest absolute Gasteiger partial charge is 0.399 e. The summed E-state index contributed by atoms with van der Waals surface area (Å²) in [5.41, 5.74) is 5.15. The predicted octanol–water partition coefficient (Wildman–Crippen LogP) is 0.977. The maximum atomic E-state index is 12.6. The van der Waals surface area contributed by atoms with Crippen molar-refractivity contribution in [2.75, 3.05) is 25.9 Å². The van der Waals surface area contributed by atoms with Crippen LogP contribution in [0, 0.1) is 10.1 Å². The van der Waals surface area contributed by atoms with Gasteiger partial charge in [0.2, 0.25) is 10.0 Å². The zero-order valence-corrected chi connectivity index (χ0v) is 12.4. The lowest BCUT2D eigenvalue weighted by Gasteiger charge is -2.30. The Kier molecular flexibility index (Phi) is 4.45. The molecule has 1 fully saturated rings. The highest BCUT2D eigenvalue weighted by Gasteiger charge is 2.34. The van der Waals surface area contributed by atoms with Crippen molar-refractivity contribution in [2.24, 2.45) is 0 Å². The Balaban J connectivity index is 2.34. The Morgan fingerprint density at radius 1 is 1.38 bits per heavy atom. The maximum absolute atomic E-state index is 12.6. The SMILES string of the molecule is COC1CCN(S(=O)(=O)c2ccc(N)cc2[N+](=O)[O-])CC1. The fourth-order valence-corrected chi connectivity index (χ4v) is 3.95. The molecule has 0 aliphatic carbocycles. The highest BCUT2D eigenvalue weighted by Crippen LogP contribution is 2.30. The average Bonchev–Trinajstić information content (AvgIpc) is 2.47. The molecule has 8 nitrogen and oxygen atoms in total. The molecule has 0 amide bonds. The number of nitrogens with zero attached hydrogens (tertiary/aromatic N) is 2. The Bertz CT molecular complexity index is 638. The number of methoxy groups -OCH3 is 1. The number of hydrogen-bond acceptors (Lipinski definition) is 6. The van der Waals surface area contributed by atoms with Crippen LogP contribution in [-0.4, -0.2) is 43.9 Å². The molecule has 2 rings (SSSR count). The molecule has 0 bridgehead atoms. The number of nitrogens with two attached hydrogens (primary N) is 1. The number of nitro groups is 1. The van der Waals surface area contributed by atoms with Gasteiger partial charge in [-0.05, 0) is 25.0 Å². The van der Waals surface area contributed by atoms with Crippen molar-refractivity contribution in [3.63, 3.8) is 0 Å². The summed E-state index contributed by atoms with van der Waals surface area (Å²) in [4.78, 5) is 10.00. The number of piperidine rings is 1. The summed E-state index contributed by atoms with van der Waals surface area (Å²) in [6.45, 7) is 0.560. The molecule has 1 aliphatic heterocycles. The molecule has 1 aromatic carbocycles. The third kappa shape index (κ3) is 3.14. The van der Waals surface area contributed by atoms with Gasteiger partial charge in [-0.2, -0.15) is 4.31 Å². The van der Waals surface area contributed by atoms with Gasteiger partial charge in [0.15, 0.2) is 4.90 Å². The number of nitrogen functional groups attached to an aromatic ring is 1. The summed E-state index contributed by atoms with van der Waals surface area (Å²) < 4.78 is 31.6. The first kappa shape index (κ1) is 15.7. The average molecular weight is 315 g/mol. The van der Waals surface area contributed by atoms with E-state index in [0.29, 0.717) is 12.8 Å². The fraction of sp³-hybridized carbons (Fsp3) is 0.500. The second kappa shape index (κ2) is 5.96. The van der Waals surface area contributed by atoms with E-state index in [1.807, 2.05) is 0 Å². The standard InChI is InChI=1S/C12H17N3O5S/c1-20-10-4-6-14(7-5-10)21(18,19)12-3-2-9(13)8-11(12)15(16)17/h2-3,8,10H,4-7,13H2,1H3. The minimum Gasteiger partial charge on any atom is -0.399 e. The molecule has 1 aliphatic rings. The normalized spacial score (nSPS) is 17.8. The van der Waals surface area contributed by atoms with Crippen LogP contribution < -0.4 is 5.73 Å². The van der Waals surface area contributed by atoms with Crippen LogP contribution in [-0.2, 0) is 14.8 Å². The molecule has 116 valence electrons. The Morgan fingerprint density at radius 2 is 2.00 bits per heavy atom. The number of sulfonamides is 1. The Hall–Kier alpha value is -1.71. The van der Waals surface area contributed by atoms with Crippen molar-refractivity contribution in [3.8, 4) is 0 Å². The van der Waals surface area contributed by atoms with Gasteiger partial charge in [0.05, 0.1) is 11.0 Å². The molecule has 0 saturated carbocycles. The van der Waals surface area contributed by atoms with Gasteiger partial charge in [0.1, 0.15) is 0 Å². The summed E-state index contributed by atoms with van der Waals surface area (Å²) >= 11 is 0. The highest BCUT2D eigenvalue weighted by atomic mass is 32.2. The molecule has 0 atom stereocenters. The third-order valence-corrected chi connectivity index (χ3v) is 5.48. The topological polar surface area (TPSA) is 116 Å². The van der Waals surface area contributed by atoms with E-state index in [0.717, 1.165) is 6.07 Å². The second-order valence-electron chi connectivity index (χ2n) is 4.82. The minimum absolute atomic E-state index is 0.0258. The number of benzene rings is 1. The lowest BCUT2D eigenvalue weighted by atomic mass is 10.1. The monoisotopic (exact) mass is 315 g/mol. The second-order valence-corrected chi connectivity index (χ2v) is 6.73. The van der Waals surface area contributed by atoms with Crippen molar-refractivity contribution in [1.82, 2.24) is 4.31 Å². The van der Waals surface area contributed by atoms with Crippen molar-refractivity contribution >= 4 is 21.4 Å². The molecular weight excluding hydrogens is 298 g/mol. The van der Waals surface area contributed by atoms with E-state index in [1.54, 1.807) is 7.11 Å². The third-order valence-electron chi connectivity index (χ3n) is 3.53. The van der Waals surface area contributed by atoms with E-state index in [9.17, 15) is 18.5 Å². The quantitative estimate of drug-likeness (QED) is 0.503. The van der Waals surface area contributed by atoms with Crippen molar-refractivity contribution in [1.29, 1.82) is 0 Å². The smallest absolute Gasteiger partial charge is 0.291 e. The highest BCUT2D eigenvalue weighted by molar-refractivity contribution is 7.89. The van der Waals surface area contributed by atoms with Gasteiger partial charge in [-0.3, -0.25) is 10.1 Å². The number of ether oxygens (including phenoxy) is 1. The van der Waals surface area contributed by atoms with Crippen LogP contribution in [0.5, 0.6) is 0 Å². The molecule has 9 heteroatoms. The molecular formula is C12H17N3O5S. The first-order valence-corrected chi connectivity index (χ1v) is 7.87. The van der Waals surface area contributed by atoms with E-state index in [-0.39, 0.29) is 29.8 Å². The number of nitro benzene ring substituents is 1. The zero-order valence-electron chi connectivity index (χ0n) is 11.6. The van der Waals surface area contributed by atoms with Gasteiger partial charge in [-0.25, -0.2) is 8.42 Å². The lowest BCUT2D eigenvalue weighted by Crippen LogP contribution is -2.40. The summed E-state index contributed by atoms with van der Waals surface area (Å²) in [5.74, 6) is 0. The maximum Gasteiger partial charge on any atom is 0.291 e. The molecule has 1 aromatic rings. The molecule has 2 N–H and O–H groups in total. The van der Waals surface area contributed by atoms with E-state index >= 15 is 0 Å². The Morgan fingerprint density at radius 3 is 2.52 bits per heavy atom. The van der Waals surface area contributed by atoms with Crippen molar-refractivity contribution < 1.29 is 18.1 Å². The summed E-state index contributed by atoms with van der Waals surface area (Å²) in [7, 11) is -2.32. The van der Waals surface area contributed by atoms with Gasteiger partial charge in [-0.1, -0.05) is 0 Å². The van der Waals surface area contributed by atoms with Crippen molar-refractivity contribution in [3.05, 3.63) is 28.3 Å². The van der Waals surface area contributed by atoms with Crippen LogP contribution in [0.1, 0.15) is 12.8 Å². The molecule has 0 aromatic heterocycles. The number of rotatable bonds is 4. The summed E-state index contributed by atoms with van der Waals surface area (Å²) in [6, 6.07) is 3.60. The molecule has 0 spiro atoms. The van der Waals surface area contributed by atoms with Crippen LogP contribution in [0.4, 0.5) is 11.4 Å². The molecule has 0 radical (unpaired) electrons. The minimum atomic E-state index is -3.91. The lowest BCUT2D eigenvalue weighted by molar-refractivity contribution is -0.387. The van der Waals surface area contributed by atoms with Gasteiger partial charge in [0.25, 0.3) is 5.69 Å². The van der Waals surface area contributed by atoms with Gasteiger partial charge in [0, 0.05) is 32.0 Å². The Labute approximate surface area is 122 Å².